The molecule has 1 fully saturated rings. The summed E-state index contributed by atoms with van der Waals surface area (Å²) in [6.07, 6.45) is 6.77. The number of carbonyl (C=O) groups is 1. The lowest BCUT2D eigenvalue weighted by Crippen LogP contribution is -2.31. The summed E-state index contributed by atoms with van der Waals surface area (Å²) < 4.78 is 0. The van der Waals surface area contributed by atoms with Gasteiger partial charge in [-0.15, -0.1) is 0 Å². The first-order chi connectivity index (χ1) is 9.36. The van der Waals surface area contributed by atoms with Gasteiger partial charge in [0, 0.05) is 18.8 Å². The minimum absolute atomic E-state index is 0.139. The zero-order chi connectivity index (χ0) is 13.5. The summed E-state index contributed by atoms with van der Waals surface area (Å²) in [7, 11) is 0. The highest BCUT2D eigenvalue weighted by Gasteiger charge is 2.18. The number of nitrogens with zero attached hydrogens (tertiary/aromatic N) is 1. The predicted octanol–water partition coefficient (Wildman–Crippen LogP) is 3.26. The first-order valence-electron chi connectivity index (χ1n) is 7.40. The van der Waals surface area contributed by atoms with E-state index in [1.807, 2.05) is 0 Å². The second-order valence-electron chi connectivity index (χ2n) is 5.23. The number of rotatable bonds is 6. The molecule has 3 heteroatoms. The lowest BCUT2D eigenvalue weighted by Gasteiger charge is -2.32. The Bertz CT molecular complexity index is 399. The van der Waals surface area contributed by atoms with Gasteiger partial charge < -0.3 is 10.2 Å². The van der Waals surface area contributed by atoms with Gasteiger partial charge in [0.2, 0.25) is 6.41 Å². The number of nitrogens with one attached hydrogen (secondary N) is 1. The van der Waals surface area contributed by atoms with E-state index in [4.69, 9.17) is 0 Å². The van der Waals surface area contributed by atoms with E-state index in [0.29, 0.717) is 0 Å². The summed E-state index contributed by atoms with van der Waals surface area (Å²) in [4.78, 5) is 13.3. The predicted molar refractivity (Wildman–Crippen MR) is 79.4 cm³/mol. The highest BCUT2D eigenvalue weighted by molar-refractivity contribution is 5.57. The van der Waals surface area contributed by atoms with Crippen LogP contribution in [-0.2, 0) is 4.79 Å². The van der Waals surface area contributed by atoms with Gasteiger partial charge in [-0.3, -0.25) is 4.79 Å². The van der Waals surface area contributed by atoms with E-state index >= 15 is 0 Å². The van der Waals surface area contributed by atoms with Crippen molar-refractivity contribution in [2.24, 2.45) is 0 Å². The maximum Gasteiger partial charge on any atom is 0.207 e. The number of hydrogen-bond donors (Lipinski definition) is 1. The minimum Gasteiger partial charge on any atom is -0.371 e. The zero-order valence-corrected chi connectivity index (χ0v) is 11.8. The van der Waals surface area contributed by atoms with Gasteiger partial charge in [0.1, 0.15) is 0 Å². The summed E-state index contributed by atoms with van der Waals surface area (Å²) >= 11 is 0. The van der Waals surface area contributed by atoms with Gasteiger partial charge in [-0.2, -0.15) is 0 Å². The van der Waals surface area contributed by atoms with Crippen molar-refractivity contribution >= 4 is 12.1 Å². The molecule has 0 bridgehead atoms. The standard InChI is InChI=1S/C16H24N2O/c1-2-8-15(17-13-19)14-9-4-5-10-16(14)18-11-6-3-7-12-18/h4-5,9-10,13,15H,2-3,6-8,11-12H2,1H3,(H,17,19)/t15-/m0/s1. The Balaban J connectivity index is 2.24. The third-order valence-corrected chi connectivity index (χ3v) is 3.86. The first-order valence-corrected chi connectivity index (χ1v) is 7.40. The van der Waals surface area contributed by atoms with Crippen LogP contribution in [-0.4, -0.2) is 19.5 Å². The summed E-state index contributed by atoms with van der Waals surface area (Å²) in [5.41, 5.74) is 2.56. The van der Waals surface area contributed by atoms with Crippen LogP contribution in [0.1, 0.15) is 50.6 Å². The van der Waals surface area contributed by atoms with E-state index in [1.165, 1.54) is 30.5 Å². The van der Waals surface area contributed by atoms with Crippen molar-refractivity contribution in [2.75, 3.05) is 18.0 Å². The van der Waals surface area contributed by atoms with Gasteiger partial charge in [0.05, 0.1) is 6.04 Å². The molecule has 1 aliphatic rings. The Morgan fingerprint density at radius 3 is 2.68 bits per heavy atom. The van der Waals surface area contributed by atoms with Crippen molar-refractivity contribution in [1.29, 1.82) is 0 Å². The SMILES string of the molecule is CCC[C@H](NC=O)c1ccccc1N1CCCCC1. The third kappa shape index (κ3) is 3.49. The van der Waals surface area contributed by atoms with E-state index in [-0.39, 0.29) is 6.04 Å². The molecular weight excluding hydrogens is 236 g/mol. The summed E-state index contributed by atoms with van der Waals surface area (Å²) in [6, 6.07) is 8.65. The molecule has 0 aliphatic carbocycles. The highest BCUT2D eigenvalue weighted by atomic mass is 16.1. The Morgan fingerprint density at radius 1 is 1.26 bits per heavy atom. The molecule has 0 saturated carbocycles. The molecule has 2 rings (SSSR count). The van der Waals surface area contributed by atoms with Crippen molar-refractivity contribution < 1.29 is 4.79 Å². The monoisotopic (exact) mass is 260 g/mol. The van der Waals surface area contributed by atoms with Crippen LogP contribution in [0.25, 0.3) is 0 Å². The molecule has 0 spiro atoms. The van der Waals surface area contributed by atoms with Crippen LogP contribution >= 0.6 is 0 Å². The molecule has 19 heavy (non-hydrogen) atoms. The lowest BCUT2D eigenvalue weighted by atomic mass is 9.98. The second kappa shape index (κ2) is 7.17. The average molecular weight is 260 g/mol. The molecule has 1 heterocycles. The van der Waals surface area contributed by atoms with E-state index in [9.17, 15) is 4.79 Å². The number of amides is 1. The lowest BCUT2D eigenvalue weighted by molar-refractivity contribution is -0.110. The van der Waals surface area contributed by atoms with Crippen LogP contribution in [0.5, 0.6) is 0 Å². The van der Waals surface area contributed by atoms with Crippen LogP contribution in [0, 0.1) is 0 Å². The number of hydrogen-bond acceptors (Lipinski definition) is 2. The van der Waals surface area contributed by atoms with Crippen LogP contribution in [0.2, 0.25) is 0 Å². The molecule has 1 aliphatic heterocycles. The Morgan fingerprint density at radius 2 is 2.00 bits per heavy atom. The van der Waals surface area contributed by atoms with Crippen LogP contribution in [0.3, 0.4) is 0 Å². The number of benzene rings is 1. The Kier molecular flexibility index (Phi) is 5.25. The number of carbonyl (C=O) groups excluding carboxylic acids is 1. The molecule has 104 valence electrons. The summed E-state index contributed by atoms with van der Waals surface area (Å²) in [6.45, 7) is 4.43. The number of piperidine rings is 1. The Labute approximate surface area is 116 Å². The van der Waals surface area contributed by atoms with Crippen molar-refractivity contribution in [3.63, 3.8) is 0 Å². The third-order valence-electron chi connectivity index (χ3n) is 3.86. The van der Waals surface area contributed by atoms with Gasteiger partial charge in [0.25, 0.3) is 0 Å². The van der Waals surface area contributed by atoms with Gasteiger partial charge in [-0.05, 0) is 37.3 Å². The number of para-hydroxylation sites is 1. The minimum atomic E-state index is 0.139. The topological polar surface area (TPSA) is 32.3 Å². The fourth-order valence-corrected chi connectivity index (χ4v) is 2.90. The molecule has 1 N–H and O–H groups in total. The highest BCUT2D eigenvalue weighted by Crippen LogP contribution is 2.30. The second-order valence-corrected chi connectivity index (χ2v) is 5.23. The van der Waals surface area contributed by atoms with Crippen molar-refractivity contribution in [2.45, 2.75) is 45.1 Å². The van der Waals surface area contributed by atoms with E-state index in [1.54, 1.807) is 0 Å². The smallest absolute Gasteiger partial charge is 0.207 e. The molecule has 1 aromatic carbocycles. The largest absolute Gasteiger partial charge is 0.371 e. The average Bonchev–Trinajstić information content (AvgIpc) is 2.48. The molecule has 1 amide bonds. The van der Waals surface area contributed by atoms with E-state index < -0.39 is 0 Å². The normalized spacial score (nSPS) is 17.0. The maximum atomic E-state index is 10.8. The molecule has 1 aromatic rings. The van der Waals surface area contributed by atoms with Crippen molar-refractivity contribution in [3.8, 4) is 0 Å². The summed E-state index contributed by atoms with van der Waals surface area (Å²) in [5.74, 6) is 0. The van der Waals surface area contributed by atoms with Gasteiger partial charge in [-0.1, -0.05) is 31.5 Å². The molecule has 1 atom stereocenters. The number of anilines is 1. The molecule has 0 aromatic heterocycles. The van der Waals surface area contributed by atoms with Crippen LogP contribution in [0.15, 0.2) is 24.3 Å². The first kappa shape index (κ1) is 13.9. The maximum absolute atomic E-state index is 10.8. The fourth-order valence-electron chi connectivity index (χ4n) is 2.90. The fraction of sp³-hybridized carbons (Fsp3) is 0.562. The Hall–Kier alpha value is -1.51. The van der Waals surface area contributed by atoms with Crippen molar-refractivity contribution in [3.05, 3.63) is 29.8 Å². The van der Waals surface area contributed by atoms with Crippen LogP contribution < -0.4 is 10.2 Å². The van der Waals surface area contributed by atoms with Gasteiger partial charge in [-0.25, -0.2) is 0 Å². The van der Waals surface area contributed by atoms with Gasteiger partial charge in [0.15, 0.2) is 0 Å². The molecular formula is C16H24N2O. The molecule has 3 nitrogen and oxygen atoms in total. The molecule has 0 radical (unpaired) electrons. The zero-order valence-electron chi connectivity index (χ0n) is 11.8. The molecule has 0 unspecified atom stereocenters. The van der Waals surface area contributed by atoms with Gasteiger partial charge >= 0.3 is 0 Å². The quantitative estimate of drug-likeness (QED) is 0.796. The van der Waals surface area contributed by atoms with E-state index in [0.717, 1.165) is 32.3 Å². The molecule has 1 saturated heterocycles. The summed E-state index contributed by atoms with van der Waals surface area (Å²) in [5, 5.41) is 2.97. The van der Waals surface area contributed by atoms with E-state index in [2.05, 4.69) is 41.4 Å². The van der Waals surface area contributed by atoms with Crippen LogP contribution in [0.4, 0.5) is 5.69 Å². The van der Waals surface area contributed by atoms with Crippen molar-refractivity contribution in [1.82, 2.24) is 5.32 Å².